The molecule has 1 aromatic carbocycles. The highest BCUT2D eigenvalue weighted by Crippen LogP contribution is 2.30. The van der Waals surface area contributed by atoms with Gasteiger partial charge in [-0.1, -0.05) is 12.1 Å². The number of ether oxygens (including phenoxy) is 1. The fourth-order valence-corrected chi connectivity index (χ4v) is 2.36. The van der Waals surface area contributed by atoms with Crippen molar-refractivity contribution < 1.29 is 4.74 Å². The van der Waals surface area contributed by atoms with E-state index in [0.717, 1.165) is 28.3 Å². The molecule has 0 aliphatic rings. The van der Waals surface area contributed by atoms with Crippen molar-refractivity contribution in [2.24, 2.45) is 0 Å². The van der Waals surface area contributed by atoms with E-state index in [1.807, 2.05) is 43.3 Å². The molecular weight excluding hydrogens is 284 g/mol. The molecule has 0 radical (unpaired) electrons. The van der Waals surface area contributed by atoms with E-state index in [9.17, 15) is 0 Å². The van der Waals surface area contributed by atoms with Crippen molar-refractivity contribution in [2.45, 2.75) is 6.92 Å². The molecule has 0 aliphatic carbocycles. The summed E-state index contributed by atoms with van der Waals surface area (Å²) in [6.07, 6.45) is 0. The van der Waals surface area contributed by atoms with Crippen LogP contribution >= 0.6 is 12.2 Å². The Labute approximate surface area is 127 Å². The number of nitrogens with one attached hydrogen (secondary N) is 2. The minimum Gasteiger partial charge on any atom is -0.496 e. The first-order valence-corrected chi connectivity index (χ1v) is 6.86. The number of pyridine rings is 1. The van der Waals surface area contributed by atoms with Crippen LogP contribution in [0.2, 0.25) is 0 Å². The predicted molar refractivity (Wildman–Crippen MR) is 83.7 cm³/mol. The van der Waals surface area contributed by atoms with Crippen molar-refractivity contribution in [3.8, 4) is 28.4 Å². The van der Waals surface area contributed by atoms with Gasteiger partial charge in [-0.05, 0) is 43.4 Å². The Morgan fingerprint density at radius 2 is 1.81 bits per heavy atom. The van der Waals surface area contributed by atoms with Crippen molar-refractivity contribution in [3.63, 3.8) is 0 Å². The van der Waals surface area contributed by atoms with Crippen molar-refractivity contribution in [2.75, 3.05) is 7.11 Å². The number of H-pyrrole nitrogens is 2. The first kappa shape index (κ1) is 13.5. The van der Waals surface area contributed by atoms with Crippen LogP contribution in [0, 0.1) is 11.7 Å². The molecule has 2 heterocycles. The van der Waals surface area contributed by atoms with E-state index in [1.165, 1.54) is 0 Å². The van der Waals surface area contributed by atoms with Crippen LogP contribution in [0.3, 0.4) is 0 Å². The molecule has 5 nitrogen and oxygen atoms in total. The maximum absolute atomic E-state index is 5.38. The van der Waals surface area contributed by atoms with Gasteiger partial charge in [-0.2, -0.15) is 4.98 Å². The second kappa shape index (κ2) is 5.49. The number of hydrogen-bond donors (Lipinski definition) is 2. The molecule has 0 saturated carbocycles. The molecule has 106 valence electrons. The Kier molecular flexibility index (Phi) is 3.53. The van der Waals surface area contributed by atoms with Gasteiger partial charge >= 0.3 is 0 Å². The number of para-hydroxylation sites is 1. The van der Waals surface area contributed by atoms with E-state index in [2.05, 4.69) is 20.2 Å². The van der Waals surface area contributed by atoms with E-state index in [1.54, 1.807) is 7.11 Å². The minimum absolute atomic E-state index is 0.429. The van der Waals surface area contributed by atoms with Crippen molar-refractivity contribution in [3.05, 3.63) is 46.9 Å². The van der Waals surface area contributed by atoms with Crippen LogP contribution < -0.4 is 4.74 Å². The van der Waals surface area contributed by atoms with Crippen LogP contribution in [-0.4, -0.2) is 27.3 Å². The van der Waals surface area contributed by atoms with E-state index in [-0.39, 0.29) is 0 Å². The van der Waals surface area contributed by atoms with E-state index >= 15 is 0 Å². The lowest BCUT2D eigenvalue weighted by Crippen LogP contribution is -1.94. The van der Waals surface area contributed by atoms with Crippen LogP contribution in [0.15, 0.2) is 36.4 Å². The molecule has 0 atom stereocenters. The first-order chi connectivity index (χ1) is 10.2. The third-order valence-corrected chi connectivity index (χ3v) is 3.42. The highest BCUT2D eigenvalue weighted by atomic mass is 32.1. The Morgan fingerprint density at radius 3 is 2.48 bits per heavy atom. The molecule has 0 spiro atoms. The Bertz CT molecular complexity index is 837. The average Bonchev–Trinajstić information content (AvgIpc) is 2.93. The Morgan fingerprint density at radius 1 is 1.00 bits per heavy atom. The number of hydrogen-bond acceptors (Lipinski definition) is 4. The maximum atomic E-state index is 5.38. The summed E-state index contributed by atoms with van der Waals surface area (Å²) >= 11 is 4.98. The number of aromatic nitrogens is 4. The van der Waals surface area contributed by atoms with Crippen LogP contribution in [0.4, 0.5) is 0 Å². The Hall–Kier alpha value is -2.47. The lowest BCUT2D eigenvalue weighted by molar-refractivity contribution is 0.416. The molecular formula is C15H14N4OS. The number of benzene rings is 1. The fraction of sp³-hybridized carbons (Fsp3) is 0.133. The molecule has 0 unspecified atom stereocenters. The van der Waals surface area contributed by atoms with Gasteiger partial charge in [-0.3, -0.25) is 15.2 Å². The molecule has 0 saturated heterocycles. The van der Waals surface area contributed by atoms with Gasteiger partial charge in [0, 0.05) is 16.8 Å². The summed E-state index contributed by atoms with van der Waals surface area (Å²) in [5, 5.41) is 5.73. The van der Waals surface area contributed by atoms with E-state index in [0.29, 0.717) is 10.6 Å². The molecule has 0 aliphatic heterocycles. The largest absolute Gasteiger partial charge is 0.496 e. The van der Waals surface area contributed by atoms with Gasteiger partial charge in [-0.15, -0.1) is 0 Å². The smallest absolute Gasteiger partial charge is 0.213 e. The second-order valence-corrected chi connectivity index (χ2v) is 4.93. The average molecular weight is 298 g/mol. The molecule has 0 fully saturated rings. The molecule has 3 aromatic rings. The zero-order valence-electron chi connectivity index (χ0n) is 11.7. The second-order valence-electron chi connectivity index (χ2n) is 4.55. The number of methoxy groups -OCH3 is 1. The van der Waals surface area contributed by atoms with Crippen LogP contribution in [0.1, 0.15) is 5.69 Å². The summed E-state index contributed by atoms with van der Waals surface area (Å²) in [5.41, 5.74) is 3.62. The predicted octanol–water partition coefficient (Wildman–Crippen LogP) is 3.51. The number of aromatic amines is 2. The lowest BCUT2D eigenvalue weighted by atomic mass is 10.1. The standard InChI is InChI=1S/C15H14N4OS/c1-9-10(14-17-15(21)19-18-14)7-8-12(16-9)11-5-3-4-6-13(11)20-2/h3-8H,1-2H3,(H2,17,18,19,21). The molecule has 6 heteroatoms. The normalized spacial score (nSPS) is 10.6. The topological polar surface area (TPSA) is 66.6 Å². The zero-order valence-corrected chi connectivity index (χ0v) is 12.5. The summed E-state index contributed by atoms with van der Waals surface area (Å²) in [6, 6.07) is 11.7. The van der Waals surface area contributed by atoms with Crippen molar-refractivity contribution in [1.29, 1.82) is 0 Å². The number of aryl methyl sites for hydroxylation is 1. The zero-order chi connectivity index (χ0) is 14.8. The van der Waals surface area contributed by atoms with Gasteiger partial charge < -0.3 is 4.74 Å². The van der Waals surface area contributed by atoms with Crippen LogP contribution in [-0.2, 0) is 0 Å². The van der Waals surface area contributed by atoms with Gasteiger partial charge in [-0.25, -0.2) is 0 Å². The van der Waals surface area contributed by atoms with E-state index in [4.69, 9.17) is 17.0 Å². The monoisotopic (exact) mass is 298 g/mol. The molecule has 2 aromatic heterocycles. The van der Waals surface area contributed by atoms with Crippen molar-refractivity contribution >= 4 is 12.2 Å². The SMILES string of the molecule is COc1ccccc1-c1ccc(-c2nc(=S)[nH][nH]2)c(C)n1. The van der Waals surface area contributed by atoms with Crippen molar-refractivity contribution in [1.82, 2.24) is 20.2 Å². The third-order valence-electron chi connectivity index (χ3n) is 3.23. The maximum Gasteiger partial charge on any atom is 0.213 e. The summed E-state index contributed by atoms with van der Waals surface area (Å²) in [7, 11) is 1.66. The summed E-state index contributed by atoms with van der Waals surface area (Å²) in [5.74, 6) is 1.49. The van der Waals surface area contributed by atoms with Gasteiger partial charge in [0.15, 0.2) is 5.82 Å². The van der Waals surface area contributed by atoms with Crippen LogP contribution in [0.25, 0.3) is 22.6 Å². The number of rotatable bonds is 3. The molecule has 0 bridgehead atoms. The molecule has 0 amide bonds. The molecule has 21 heavy (non-hydrogen) atoms. The van der Waals surface area contributed by atoms with Gasteiger partial charge in [0.25, 0.3) is 0 Å². The number of nitrogens with zero attached hydrogens (tertiary/aromatic N) is 2. The van der Waals surface area contributed by atoms with E-state index < -0.39 is 0 Å². The van der Waals surface area contributed by atoms with Gasteiger partial charge in [0.05, 0.1) is 12.8 Å². The fourth-order valence-electron chi connectivity index (χ4n) is 2.22. The van der Waals surface area contributed by atoms with Gasteiger partial charge in [0.2, 0.25) is 4.77 Å². The highest BCUT2D eigenvalue weighted by molar-refractivity contribution is 7.71. The van der Waals surface area contributed by atoms with Crippen LogP contribution in [0.5, 0.6) is 5.75 Å². The minimum atomic E-state index is 0.429. The Balaban J connectivity index is 2.07. The summed E-state index contributed by atoms with van der Waals surface area (Å²) in [4.78, 5) is 8.87. The third kappa shape index (κ3) is 2.57. The molecule has 2 N–H and O–H groups in total. The first-order valence-electron chi connectivity index (χ1n) is 6.45. The summed E-state index contributed by atoms with van der Waals surface area (Å²) < 4.78 is 5.81. The van der Waals surface area contributed by atoms with Gasteiger partial charge in [0.1, 0.15) is 5.75 Å². The molecule has 3 rings (SSSR count). The highest BCUT2D eigenvalue weighted by Gasteiger charge is 2.11. The quantitative estimate of drug-likeness (QED) is 0.726. The lowest BCUT2D eigenvalue weighted by Gasteiger charge is -2.09. The summed E-state index contributed by atoms with van der Waals surface area (Å²) in [6.45, 7) is 1.94.